The van der Waals surface area contributed by atoms with Gasteiger partial charge in [-0.25, -0.2) is 0 Å². The van der Waals surface area contributed by atoms with Gasteiger partial charge in [-0.2, -0.15) is 26.7 Å². The van der Waals surface area contributed by atoms with Crippen molar-refractivity contribution >= 4 is 25.2 Å². The standard InChI is InChI=1S/C16H17F3O2.C10H18O2.H2S/c17-16(18,19)13-5-3-6-15(11-13)21-9-2-1-4-12-7-8-14(20)10-12;1-4-5-6-7-8-10(11)12-9(2)3;/h1,3-6,11-12H,2,7-10H2;4-5,9H,6-8H2,1-3H3;1H2/b4-1+;5-4-;. The quantitative estimate of drug-likeness (QED) is 0.193. The number of Topliss-reactive ketones (excluding diaryl/α,β-unsaturated/α-hetero) is 1. The molecule has 4 nitrogen and oxygen atoms in total. The van der Waals surface area contributed by atoms with Gasteiger partial charge in [-0.1, -0.05) is 30.4 Å². The van der Waals surface area contributed by atoms with E-state index in [4.69, 9.17) is 9.47 Å². The smallest absolute Gasteiger partial charge is 0.416 e. The van der Waals surface area contributed by atoms with Crippen molar-refractivity contribution in [3.8, 4) is 5.75 Å². The molecule has 2 rings (SSSR count). The molecule has 1 saturated carbocycles. The zero-order valence-corrected chi connectivity index (χ0v) is 21.2. The second-order valence-electron chi connectivity index (χ2n) is 8.13. The largest absolute Gasteiger partial charge is 0.493 e. The minimum atomic E-state index is -4.35. The van der Waals surface area contributed by atoms with Crippen LogP contribution in [0.2, 0.25) is 0 Å². The van der Waals surface area contributed by atoms with Crippen LogP contribution < -0.4 is 4.74 Å². The van der Waals surface area contributed by atoms with Crippen molar-refractivity contribution in [2.45, 2.75) is 78.0 Å². The number of esters is 1. The van der Waals surface area contributed by atoms with E-state index in [1.54, 1.807) is 0 Å². The summed E-state index contributed by atoms with van der Waals surface area (Å²) in [6, 6.07) is 4.86. The van der Waals surface area contributed by atoms with E-state index in [9.17, 15) is 22.8 Å². The molecule has 8 heteroatoms. The summed E-state index contributed by atoms with van der Waals surface area (Å²) in [4.78, 5) is 22.1. The number of carbonyl (C=O) groups excluding carboxylic acids is 2. The van der Waals surface area contributed by atoms with Gasteiger partial charge in [0.25, 0.3) is 0 Å². The highest BCUT2D eigenvalue weighted by Gasteiger charge is 2.30. The number of unbranched alkanes of at least 4 members (excludes halogenated alkanes) is 1. The first-order valence-corrected chi connectivity index (χ1v) is 11.4. The van der Waals surface area contributed by atoms with Gasteiger partial charge in [0.1, 0.15) is 11.5 Å². The highest BCUT2D eigenvalue weighted by atomic mass is 32.1. The SMILES string of the molecule is C/C=C\CCCC(=O)OC(C)C.O=C1CCC(/C=C/CCOc2cccc(C(F)(F)F)c2)C1.S. The molecule has 1 aliphatic rings. The fourth-order valence-corrected chi connectivity index (χ4v) is 3.16. The number of ketones is 1. The molecule has 0 bridgehead atoms. The fourth-order valence-electron chi connectivity index (χ4n) is 3.16. The lowest BCUT2D eigenvalue weighted by Gasteiger charge is -2.09. The van der Waals surface area contributed by atoms with Gasteiger partial charge in [0.15, 0.2) is 0 Å². The number of ether oxygens (including phenoxy) is 2. The Morgan fingerprint density at radius 3 is 2.53 bits per heavy atom. The van der Waals surface area contributed by atoms with Crippen LogP contribution in [0, 0.1) is 5.92 Å². The number of rotatable bonds is 10. The molecule has 192 valence electrons. The Kier molecular flexibility index (Phi) is 16.1. The molecule has 0 amide bonds. The summed E-state index contributed by atoms with van der Waals surface area (Å²) in [6.07, 6.45) is 8.77. The van der Waals surface area contributed by atoms with Gasteiger partial charge in [0.2, 0.25) is 0 Å². The number of hydrogen-bond acceptors (Lipinski definition) is 4. The predicted octanol–water partition coefficient (Wildman–Crippen LogP) is 7.20. The Labute approximate surface area is 208 Å². The van der Waals surface area contributed by atoms with Crippen molar-refractivity contribution in [3.63, 3.8) is 0 Å². The van der Waals surface area contributed by atoms with E-state index in [-0.39, 0.29) is 31.3 Å². The van der Waals surface area contributed by atoms with Gasteiger partial charge >= 0.3 is 12.1 Å². The summed E-state index contributed by atoms with van der Waals surface area (Å²) in [5, 5.41) is 0. The molecule has 1 atom stereocenters. The molecule has 0 radical (unpaired) electrons. The molecule has 1 aromatic carbocycles. The van der Waals surface area contributed by atoms with Crippen LogP contribution in [0.1, 0.15) is 71.3 Å². The molecule has 0 spiro atoms. The van der Waals surface area contributed by atoms with Gasteiger partial charge in [0.05, 0.1) is 18.3 Å². The van der Waals surface area contributed by atoms with Gasteiger partial charge in [-0.3, -0.25) is 9.59 Å². The molecule has 0 saturated heterocycles. The first kappa shape index (κ1) is 31.8. The van der Waals surface area contributed by atoms with Crippen LogP contribution in [-0.4, -0.2) is 24.5 Å². The normalized spacial score (nSPS) is 15.9. The van der Waals surface area contributed by atoms with Crippen LogP contribution in [0.15, 0.2) is 48.6 Å². The lowest BCUT2D eigenvalue weighted by molar-refractivity contribution is -0.147. The number of alkyl halides is 3. The van der Waals surface area contributed by atoms with E-state index >= 15 is 0 Å². The molecule has 0 aliphatic heterocycles. The van der Waals surface area contributed by atoms with E-state index in [1.165, 1.54) is 12.1 Å². The van der Waals surface area contributed by atoms with Gasteiger partial charge in [0, 0.05) is 19.3 Å². The fraction of sp³-hybridized carbons (Fsp3) is 0.538. The lowest BCUT2D eigenvalue weighted by Crippen LogP contribution is -2.10. The Hall–Kier alpha value is -2.22. The van der Waals surface area contributed by atoms with Crippen LogP contribution in [0.25, 0.3) is 0 Å². The second kappa shape index (κ2) is 17.2. The number of halogens is 3. The Morgan fingerprint density at radius 1 is 1.21 bits per heavy atom. The minimum Gasteiger partial charge on any atom is -0.493 e. The van der Waals surface area contributed by atoms with Gasteiger partial charge in [-0.15, -0.1) is 0 Å². The van der Waals surface area contributed by atoms with E-state index in [0.717, 1.165) is 31.4 Å². The van der Waals surface area contributed by atoms with Gasteiger partial charge in [-0.05, 0) is 70.6 Å². The highest BCUT2D eigenvalue weighted by molar-refractivity contribution is 7.59. The van der Waals surface area contributed by atoms with Gasteiger partial charge < -0.3 is 9.47 Å². The van der Waals surface area contributed by atoms with E-state index in [0.29, 0.717) is 44.0 Å². The van der Waals surface area contributed by atoms with Crippen molar-refractivity contribution < 1.29 is 32.2 Å². The minimum absolute atomic E-state index is 0. The Morgan fingerprint density at radius 2 is 1.94 bits per heavy atom. The molecular formula is C26H37F3O4S. The monoisotopic (exact) mass is 502 g/mol. The summed E-state index contributed by atoms with van der Waals surface area (Å²) in [6.45, 7) is 6.03. The molecule has 0 heterocycles. The maximum Gasteiger partial charge on any atom is 0.416 e. The van der Waals surface area contributed by atoms with Crippen molar-refractivity contribution in [1.29, 1.82) is 0 Å². The Bertz CT molecular complexity index is 788. The first-order valence-electron chi connectivity index (χ1n) is 11.4. The van der Waals surface area contributed by atoms with Crippen molar-refractivity contribution in [2.75, 3.05) is 6.61 Å². The van der Waals surface area contributed by atoms with Crippen molar-refractivity contribution in [2.24, 2.45) is 5.92 Å². The van der Waals surface area contributed by atoms with Crippen molar-refractivity contribution in [1.82, 2.24) is 0 Å². The highest BCUT2D eigenvalue weighted by Crippen LogP contribution is 2.31. The average molecular weight is 503 g/mol. The second-order valence-corrected chi connectivity index (χ2v) is 8.13. The molecule has 34 heavy (non-hydrogen) atoms. The topological polar surface area (TPSA) is 52.6 Å². The summed E-state index contributed by atoms with van der Waals surface area (Å²) >= 11 is 0. The molecule has 0 aromatic heterocycles. The number of benzene rings is 1. The maximum atomic E-state index is 12.5. The van der Waals surface area contributed by atoms with E-state index in [2.05, 4.69) is 6.08 Å². The first-order chi connectivity index (χ1) is 15.6. The van der Waals surface area contributed by atoms with Crippen LogP contribution in [-0.2, 0) is 20.5 Å². The average Bonchev–Trinajstić information content (AvgIpc) is 3.15. The molecule has 1 aliphatic carbocycles. The lowest BCUT2D eigenvalue weighted by atomic mass is 10.1. The third-order valence-electron chi connectivity index (χ3n) is 4.76. The maximum absolute atomic E-state index is 12.5. The summed E-state index contributed by atoms with van der Waals surface area (Å²) in [7, 11) is 0. The van der Waals surface area contributed by atoms with Crippen LogP contribution >= 0.6 is 13.5 Å². The molecule has 1 unspecified atom stereocenters. The van der Waals surface area contributed by atoms with Crippen LogP contribution in [0.3, 0.4) is 0 Å². The third-order valence-corrected chi connectivity index (χ3v) is 4.76. The number of allylic oxidation sites excluding steroid dienone is 3. The number of carbonyl (C=O) groups is 2. The summed E-state index contributed by atoms with van der Waals surface area (Å²) in [5.74, 6) is 0.736. The number of hydrogen-bond donors (Lipinski definition) is 0. The van der Waals surface area contributed by atoms with E-state index < -0.39 is 11.7 Å². The predicted molar refractivity (Wildman–Crippen MR) is 133 cm³/mol. The zero-order chi connectivity index (χ0) is 24.7. The zero-order valence-electron chi connectivity index (χ0n) is 20.2. The molecular weight excluding hydrogens is 465 g/mol. The Balaban J connectivity index is 0.000000723. The van der Waals surface area contributed by atoms with Crippen LogP contribution in [0.4, 0.5) is 13.2 Å². The van der Waals surface area contributed by atoms with Crippen LogP contribution in [0.5, 0.6) is 5.75 Å². The molecule has 1 aromatic rings. The summed E-state index contributed by atoms with van der Waals surface area (Å²) < 4.78 is 47.8. The molecule has 0 N–H and O–H groups in total. The van der Waals surface area contributed by atoms with E-state index in [1.807, 2.05) is 39.0 Å². The third kappa shape index (κ3) is 14.8. The van der Waals surface area contributed by atoms with Crippen molar-refractivity contribution in [3.05, 3.63) is 54.1 Å². The molecule has 1 fully saturated rings. The summed E-state index contributed by atoms with van der Waals surface area (Å²) in [5.41, 5.74) is -0.708.